The second kappa shape index (κ2) is 5.27. The van der Waals surface area contributed by atoms with E-state index in [-0.39, 0.29) is 5.91 Å². The number of nitrogens with two attached hydrogens (primary N) is 1. The summed E-state index contributed by atoms with van der Waals surface area (Å²) in [5, 5.41) is 7.77. The highest BCUT2D eigenvalue weighted by atomic mass is 16.2. The van der Waals surface area contributed by atoms with Crippen LogP contribution in [0, 0.1) is 5.92 Å². The van der Waals surface area contributed by atoms with Gasteiger partial charge < -0.3 is 10.6 Å². The van der Waals surface area contributed by atoms with Crippen molar-refractivity contribution >= 4 is 5.91 Å². The highest BCUT2D eigenvalue weighted by Crippen LogP contribution is 2.20. The lowest BCUT2D eigenvalue weighted by Gasteiger charge is -2.14. The van der Waals surface area contributed by atoms with Crippen molar-refractivity contribution in [2.24, 2.45) is 11.7 Å². The van der Waals surface area contributed by atoms with Gasteiger partial charge in [0.05, 0.1) is 12.7 Å². The Morgan fingerprint density at radius 1 is 1.65 bits per heavy atom. The molecule has 1 aromatic heterocycles. The summed E-state index contributed by atoms with van der Waals surface area (Å²) >= 11 is 0. The van der Waals surface area contributed by atoms with Gasteiger partial charge in [0.2, 0.25) is 0 Å². The summed E-state index contributed by atoms with van der Waals surface area (Å²) in [6.07, 6.45) is 3.90. The fourth-order valence-corrected chi connectivity index (χ4v) is 2.15. The molecule has 1 aliphatic rings. The molecular formula is C11H19N5O. The lowest BCUT2D eigenvalue weighted by molar-refractivity contribution is 0.0781. The molecule has 1 unspecified atom stereocenters. The number of amides is 1. The Balaban J connectivity index is 1.99. The molecule has 1 aromatic rings. The minimum Gasteiger partial charge on any atom is -0.337 e. The number of hydrogen-bond donors (Lipinski definition) is 1. The van der Waals surface area contributed by atoms with E-state index in [4.69, 9.17) is 5.73 Å². The van der Waals surface area contributed by atoms with E-state index in [1.54, 1.807) is 10.9 Å². The summed E-state index contributed by atoms with van der Waals surface area (Å²) in [5.74, 6) is 0.627. The predicted octanol–water partition coefficient (Wildman–Crippen LogP) is 0.109. The lowest BCUT2D eigenvalue weighted by Crippen LogP contribution is -2.29. The van der Waals surface area contributed by atoms with Crippen molar-refractivity contribution in [3.05, 3.63) is 11.9 Å². The SMILES string of the molecule is CCC1CCN(C(=O)c2cn(CCN)nn2)C1. The standard InChI is InChI=1S/C11H19N5O/c1-2-9-3-5-15(7-9)11(17)10-8-16(6-4-12)14-13-10/h8-9H,2-7,12H2,1H3. The van der Waals surface area contributed by atoms with Gasteiger partial charge in [-0.3, -0.25) is 9.48 Å². The van der Waals surface area contributed by atoms with E-state index in [2.05, 4.69) is 17.2 Å². The van der Waals surface area contributed by atoms with E-state index in [1.165, 1.54) is 0 Å². The average molecular weight is 237 g/mol. The third-order valence-electron chi connectivity index (χ3n) is 3.27. The summed E-state index contributed by atoms with van der Waals surface area (Å²) in [6, 6.07) is 0. The van der Waals surface area contributed by atoms with Crippen LogP contribution in [0.3, 0.4) is 0 Å². The first-order valence-corrected chi connectivity index (χ1v) is 6.14. The molecule has 0 bridgehead atoms. The molecule has 0 radical (unpaired) electrons. The lowest BCUT2D eigenvalue weighted by atomic mass is 10.1. The Bertz CT molecular complexity index is 389. The number of likely N-dealkylation sites (tertiary alicyclic amines) is 1. The van der Waals surface area contributed by atoms with Gasteiger partial charge in [-0.25, -0.2) is 0 Å². The highest BCUT2D eigenvalue weighted by Gasteiger charge is 2.27. The van der Waals surface area contributed by atoms with E-state index in [0.29, 0.717) is 24.7 Å². The zero-order valence-corrected chi connectivity index (χ0v) is 10.2. The van der Waals surface area contributed by atoms with Crippen LogP contribution in [0.1, 0.15) is 30.3 Å². The number of carbonyl (C=O) groups is 1. The molecule has 17 heavy (non-hydrogen) atoms. The van der Waals surface area contributed by atoms with Crippen molar-refractivity contribution in [1.29, 1.82) is 0 Å². The van der Waals surface area contributed by atoms with Crippen LogP contribution in [0.25, 0.3) is 0 Å². The molecule has 2 N–H and O–H groups in total. The van der Waals surface area contributed by atoms with Crippen LogP contribution >= 0.6 is 0 Å². The molecule has 0 spiro atoms. The molecular weight excluding hydrogens is 218 g/mol. The van der Waals surface area contributed by atoms with E-state index >= 15 is 0 Å². The molecule has 1 atom stereocenters. The van der Waals surface area contributed by atoms with Gasteiger partial charge in [0.25, 0.3) is 5.91 Å². The minimum absolute atomic E-state index is 0.00998. The van der Waals surface area contributed by atoms with Crippen LogP contribution in [0.15, 0.2) is 6.20 Å². The van der Waals surface area contributed by atoms with Gasteiger partial charge in [0.1, 0.15) is 0 Å². The van der Waals surface area contributed by atoms with Crippen molar-refractivity contribution in [2.45, 2.75) is 26.3 Å². The average Bonchev–Trinajstić information content (AvgIpc) is 2.97. The topological polar surface area (TPSA) is 77.0 Å². The maximum atomic E-state index is 12.1. The zero-order valence-electron chi connectivity index (χ0n) is 10.2. The highest BCUT2D eigenvalue weighted by molar-refractivity contribution is 5.92. The number of hydrogen-bond acceptors (Lipinski definition) is 4. The number of aromatic nitrogens is 3. The fourth-order valence-electron chi connectivity index (χ4n) is 2.15. The fraction of sp³-hybridized carbons (Fsp3) is 0.727. The van der Waals surface area contributed by atoms with Crippen molar-refractivity contribution in [2.75, 3.05) is 19.6 Å². The third kappa shape index (κ3) is 2.63. The van der Waals surface area contributed by atoms with E-state index < -0.39 is 0 Å². The Hall–Kier alpha value is -1.43. The molecule has 1 fully saturated rings. The molecule has 1 amide bonds. The molecule has 2 heterocycles. The van der Waals surface area contributed by atoms with Crippen molar-refractivity contribution < 1.29 is 4.79 Å². The van der Waals surface area contributed by atoms with Gasteiger partial charge >= 0.3 is 0 Å². The molecule has 1 aliphatic heterocycles. The summed E-state index contributed by atoms with van der Waals surface area (Å²) < 4.78 is 1.61. The summed E-state index contributed by atoms with van der Waals surface area (Å²) in [4.78, 5) is 14.0. The quantitative estimate of drug-likeness (QED) is 0.806. The first kappa shape index (κ1) is 12.0. The zero-order chi connectivity index (χ0) is 12.3. The Kier molecular flexibility index (Phi) is 3.73. The molecule has 1 saturated heterocycles. The van der Waals surface area contributed by atoms with Gasteiger partial charge in [0, 0.05) is 19.6 Å². The van der Waals surface area contributed by atoms with E-state index in [9.17, 15) is 4.79 Å². The molecule has 6 heteroatoms. The molecule has 6 nitrogen and oxygen atoms in total. The van der Waals surface area contributed by atoms with Gasteiger partial charge in [0.15, 0.2) is 5.69 Å². The van der Waals surface area contributed by atoms with Crippen LogP contribution in [0.4, 0.5) is 0 Å². The Morgan fingerprint density at radius 3 is 3.12 bits per heavy atom. The van der Waals surface area contributed by atoms with Crippen molar-refractivity contribution in [3.8, 4) is 0 Å². The maximum Gasteiger partial charge on any atom is 0.276 e. The number of carbonyl (C=O) groups excluding carboxylic acids is 1. The van der Waals surface area contributed by atoms with Crippen LogP contribution in [-0.2, 0) is 6.54 Å². The van der Waals surface area contributed by atoms with Crippen LogP contribution in [0.5, 0.6) is 0 Å². The Morgan fingerprint density at radius 2 is 2.47 bits per heavy atom. The van der Waals surface area contributed by atoms with Crippen molar-refractivity contribution in [3.63, 3.8) is 0 Å². The summed E-state index contributed by atoms with van der Waals surface area (Å²) in [6.45, 7) is 4.94. The van der Waals surface area contributed by atoms with Gasteiger partial charge in [-0.05, 0) is 12.3 Å². The molecule has 2 rings (SSSR count). The van der Waals surface area contributed by atoms with Gasteiger partial charge in [-0.1, -0.05) is 18.6 Å². The third-order valence-corrected chi connectivity index (χ3v) is 3.27. The second-order valence-corrected chi connectivity index (χ2v) is 4.47. The number of rotatable bonds is 4. The van der Waals surface area contributed by atoms with Crippen molar-refractivity contribution in [1.82, 2.24) is 19.9 Å². The first-order chi connectivity index (χ1) is 8.24. The van der Waals surface area contributed by atoms with Crippen LogP contribution < -0.4 is 5.73 Å². The second-order valence-electron chi connectivity index (χ2n) is 4.47. The van der Waals surface area contributed by atoms with E-state index in [1.807, 2.05) is 4.90 Å². The Labute approximate surface area is 101 Å². The summed E-state index contributed by atoms with van der Waals surface area (Å²) in [7, 11) is 0. The molecule has 0 aliphatic carbocycles. The maximum absolute atomic E-state index is 12.1. The van der Waals surface area contributed by atoms with Crippen LogP contribution in [0.2, 0.25) is 0 Å². The normalized spacial score (nSPS) is 19.9. The predicted molar refractivity (Wildman–Crippen MR) is 63.4 cm³/mol. The minimum atomic E-state index is -0.00998. The number of nitrogens with zero attached hydrogens (tertiary/aromatic N) is 4. The monoisotopic (exact) mass is 237 g/mol. The van der Waals surface area contributed by atoms with Crippen LogP contribution in [-0.4, -0.2) is 45.4 Å². The first-order valence-electron chi connectivity index (χ1n) is 6.14. The van der Waals surface area contributed by atoms with E-state index in [0.717, 1.165) is 25.9 Å². The molecule has 94 valence electrons. The largest absolute Gasteiger partial charge is 0.337 e. The smallest absolute Gasteiger partial charge is 0.276 e. The van der Waals surface area contributed by atoms with Gasteiger partial charge in [-0.2, -0.15) is 0 Å². The molecule has 0 aromatic carbocycles. The van der Waals surface area contributed by atoms with Gasteiger partial charge in [-0.15, -0.1) is 5.10 Å². The molecule has 0 saturated carbocycles. The summed E-state index contributed by atoms with van der Waals surface area (Å²) in [5.41, 5.74) is 5.85.